The van der Waals surface area contributed by atoms with Gasteiger partial charge in [0, 0.05) is 43.0 Å². The number of carbonyl (C=O) groups is 3. The molecule has 1 fully saturated rings. The van der Waals surface area contributed by atoms with Crippen molar-refractivity contribution < 1.29 is 33.7 Å². The summed E-state index contributed by atoms with van der Waals surface area (Å²) in [6, 6.07) is 9.22. The summed E-state index contributed by atoms with van der Waals surface area (Å²) in [6.45, 7) is 4.21. The van der Waals surface area contributed by atoms with Gasteiger partial charge in [0.15, 0.2) is 11.5 Å². The van der Waals surface area contributed by atoms with E-state index in [1.807, 2.05) is 6.92 Å². The summed E-state index contributed by atoms with van der Waals surface area (Å²) in [5, 5.41) is 18.7. The van der Waals surface area contributed by atoms with E-state index in [4.69, 9.17) is 14.2 Å². The molecule has 3 atom stereocenters. The number of ether oxygens (including phenoxy) is 3. The van der Waals surface area contributed by atoms with E-state index in [9.17, 15) is 19.5 Å². The Kier molecular flexibility index (Phi) is 9.44. The molecule has 2 aliphatic heterocycles. The predicted octanol–water partition coefficient (Wildman–Crippen LogP) is 4.25. The number of fused-ring (bicyclic) bond motifs is 2. The molecule has 0 radical (unpaired) electrons. The van der Waals surface area contributed by atoms with Crippen molar-refractivity contribution in [1.82, 2.24) is 15.1 Å². The maximum Gasteiger partial charge on any atom is 0.321 e. The molecule has 2 aromatic rings. The van der Waals surface area contributed by atoms with Crippen molar-refractivity contribution in [3.63, 3.8) is 0 Å². The minimum absolute atomic E-state index is 0.144. The van der Waals surface area contributed by atoms with Crippen molar-refractivity contribution in [2.24, 2.45) is 5.92 Å². The fraction of sp³-hybridized carbons (Fsp3) is 0.516. The van der Waals surface area contributed by atoms with Gasteiger partial charge in [-0.1, -0.05) is 26.2 Å². The number of carbonyl (C=O) groups excluding carboxylic acids is 3. The average molecular weight is 596 g/mol. The molecule has 5 rings (SSSR count). The molecule has 0 bridgehead atoms. The molecule has 5 amide bonds. The number of nitrogens with zero attached hydrogens (tertiary/aromatic N) is 2. The third-order valence-electron chi connectivity index (χ3n) is 8.29. The molecule has 43 heavy (non-hydrogen) atoms. The van der Waals surface area contributed by atoms with Crippen LogP contribution in [0.2, 0.25) is 0 Å². The van der Waals surface area contributed by atoms with Gasteiger partial charge in [-0.15, -0.1) is 0 Å². The van der Waals surface area contributed by atoms with E-state index in [-0.39, 0.29) is 55.4 Å². The third-order valence-corrected chi connectivity index (χ3v) is 8.29. The summed E-state index contributed by atoms with van der Waals surface area (Å²) < 4.78 is 17.1. The summed E-state index contributed by atoms with van der Waals surface area (Å²) in [5.74, 6) is 1.07. The lowest BCUT2D eigenvalue weighted by atomic mass is 9.96. The smallest absolute Gasteiger partial charge is 0.321 e. The Bertz CT molecular complexity index is 1330. The van der Waals surface area contributed by atoms with Gasteiger partial charge in [-0.05, 0) is 50.1 Å². The summed E-state index contributed by atoms with van der Waals surface area (Å²) in [7, 11) is 1.68. The molecule has 2 heterocycles. The number of benzene rings is 2. The summed E-state index contributed by atoms with van der Waals surface area (Å²) in [5.41, 5.74) is 1.31. The lowest BCUT2D eigenvalue weighted by Crippen LogP contribution is -2.50. The van der Waals surface area contributed by atoms with Gasteiger partial charge in [0.2, 0.25) is 6.79 Å². The van der Waals surface area contributed by atoms with E-state index in [1.54, 1.807) is 55.3 Å². The number of aliphatic hydroxyl groups is 1. The molecule has 4 N–H and O–H groups in total. The van der Waals surface area contributed by atoms with E-state index in [2.05, 4.69) is 16.0 Å². The largest absolute Gasteiger partial charge is 0.487 e. The van der Waals surface area contributed by atoms with E-state index < -0.39 is 12.1 Å². The number of aliphatic hydroxyl groups excluding tert-OH is 1. The number of hydrogen-bond donors (Lipinski definition) is 4. The Balaban J connectivity index is 1.31. The zero-order valence-corrected chi connectivity index (χ0v) is 24.9. The highest BCUT2D eigenvalue weighted by Crippen LogP contribution is 2.34. The van der Waals surface area contributed by atoms with Crippen LogP contribution in [0.5, 0.6) is 17.2 Å². The van der Waals surface area contributed by atoms with Gasteiger partial charge in [0.1, 0.15) is 11.9 Å². The molecular formula is C31H41N5O7. The molecule has 3 aliphatic rings. The van der Waals surface area contributed by atoms with Crippen molar-refractivity contribution in [2.75, 3.05) is 44.2 Å². The number of likely N-dealkylation sites (N-methyl/N-ethyl adjacent to an activating group) is 1. The SMILES string of the molecule is C[C@H](CO)N1C[C@H](C)[C@@H](CN(C)C(=O)Nc2ccc3c(c2)OCO3)Oc2ccc(NC(=O)NC3CCCCC3)cc2C1=O. The molecule has 232 valence electrons. The fourth-order valence-corrected chi connectivity index (χ4v) is 5.66. The van der Waals surface area contributed by atoms with Gasteiger partial charge in [-0.25, -0.2) is 9.59 Å². The number of urea groups is 2. The highest BCUT2D eigenvalue weighted by molar-refractivity contribution is 5.99. The van der Waals surface area contributed by atoms with Crippen LogP contribution in [0.1, 0.15) is 56.3 Å². The Morgan fingerprint density at radius 1 is 1.02 bits per heavy atom. The van der Waals surface area contributed by atoms with Crippen LogP contribution in [0.25, 0.3) is 0 Å². The molecule has 1 saturated carbocycles. The number of hydrogen-bond acceptors (Lipinski definition) is 7. The molecule has 0 saturated heterocycles. The van der Waals surface area contributed by atoms with E-state index >= 15 is 0 Å². The normalized spacial score (nSPS) is 20.7. The Morgan fingerprint density at radius 2 is 1.72 bits per heavy atom. The second-order valence-electron chi connectivity index (χ2n) is 11.6. The van der Waals surface area contributed by atoms with Crippen LogP contribution in [0.4, 0.5) is 21.0 Å². The first-order valence-electron chi connectivity index (χ1n) is 14.9. The topological polar surface area (TPSA) is 142 Å². The lowest BCUT2D eigenvalue weighted by molar-refractivity contribution is 0.0371. The van der Waals surface area contributed by atoms with Gasteiger partial charge in [0.25, 0.3) is 5.91 Å². The molecule has 12 nitrogen and oxygen atoms in total. The lowest BCUT2D eigenvalue weighted by Gasteiger charge is -2.38. The second kappa shape index (κ2) is 13.4. The number of anilines is 2. The predicted molar refractivity (Wildman–Crippen MR) is 161 cm³/mol. The first-order valence-corrected chi connectivity index (χ1v) is 14.9. The van der Waals surface area contributed by atoms with Crippen molar-refractivity contribution in [3.8, 4) is 17.2 Å². The van der Waals surface area contributed by atoms with E-state index in [0.717, 1.165) is 25.7 Å². The second-order valence-corrected chi connectivity index (χ2v) is 11.6. The standard InChI is InChI=1S/C31H41N5O7/c1-19-15-36(20(2)17-37)29(38)24-13-22(33-30(39)32-21-7-5-4-6-8-21)9-11-25(24)43-28(19)16-35(3)31(40)34-23-10-12-26-27(14-23)42-18-41-26/h9-14,19-21,28,37H,4-8,15-18H2,1-3H3,(H,34,40)(H2,32,33,39)/t19-,20+,28+/m0/s1. The molecule has 2 aromatic carbocycles. The van der Waals surface area contributed by atoms with Crippen molar-refractivity contribution in [3.05, 3.63) is 42.0 Å². The molecular weight excluding hydrogens is 554 g/mol. The summed E-state index contributed by atoms with van der Waals surface area (Å²) >= 11 is 0. The maximum atomic E-state index is 13.7. The minimum atomic E-state index is -0.471. The van der Waals surface area contributed by atoms with Crippen molar-refractivity contribution >= 4 is 29.3 Å². The van der Waals surface area contributed by atoms with E-state index in [0.29, 0.717) is 35.2 Å². The Morgan fingerprint density at radius 3 is 2.47 bits per heavy atom. The van der Waals surface area contributed by atoms with Gasteiger partial charge in [0.05, 0.1) is 24.8 Å². The van der Waals surface area contributed by atoms with Gasteiger partial charge >= 0.3 is 12.1 Å². The number of nitrogens with one attached hydrogen (secondary N) is 3. The molecule has 0 spiro atoms. The quantitative estimate of drug-likeness (QED) is 0.375. The van der Waals surface area contributed by atoms with Gasteiger partial charge < -0.3 is 45.1 Å². The molecule has 0 unspecified atom stereocenters. The van der Waals surface area contributed by atoms with Crippen LogP contribution in [0.15, 0.2) is 36.4 Å². The molecule has 0 aromatic heterocycles. The van der Waals surface area contributed by atoms with Gasteiger partial charge in [-0.2, -0.15) is 0 Å². The molecule has 1 aliphatic carbocycles. The zero-order chi connectivity index (χ0) is 30.5. The fourth-order valence-electron chi connectivity index (χ4n) is 5.66. The van der Waals surface area contributed by atoms with Crippen LogP contribution in [0, 0.1) is 5.92 Å². The van der Waals surface area contributed by atoms with Crippen LogP contribution >= 0.6 is 0 Å². The number of amides is 5. The highest BCUT2D eigenvalue weighted by Gasteiger charge is 2.34. The van der Waals surface area contributed by atoms with Gasteiger partial charge in [-0.3, -0.25) is 4.79 Å². The molecule has 12 heteroatoms. The first-order chi connectivity index (χ1) is 20.7. The maximum absolute atomic E-state index is 13.7. The minimum Gasteiger partial charge on any atom is -0.487 e. The summed E-state index contributed by atoms with van der Waals surface area (Å²) in [4.78, 5) is 42.7. The Labute approximate surface area is 251 Å². The van der Waals surface area contributed by atoms with Crippen LogP contribution in [0.3, 0.4) is 0 Å². The van der Waals surface area contributed by atoms with Crippen LogP contribution in [-0.4, -0.2) is 84.6 Å². The van der Waals surface area contributed by atoms with Crippen LogP contribution in [-0.2, 0) is 0 Å². The average Bonchev–Trinajstić information content (AvgIpc) is 3.47. The van der Waals surface area contributed by atoms with Crippen molar-refractivity contribution in [2.45, 2.75) is 64.1 Å². The third kappa shape index (κ3) is 7.24. The van der Waals surface area contributed by atoms with E-state index in [1.165, 1.54) is 11.3 Å². The highest BCUT2D eigenvalue weighted by atomic mass is 16.7. The van der Waals surface area contributed by atoms with Crippen LogP contribution < -0.4 is 30.2 Å². The van der Waals surface area contributed by atoms with Crippen molar-refractivity contribution in [1.29, 1.82) is 0 Å². The summed E-state index contributed by atoms with van der Waals surface area (Å²) in [6.07, 6.45) is 4.84. The Hall–Kier alpha value is -4.19. The first kappa shape index (κ1) is 30.3. The monoisotopic (exact) mass is 595 g/mol. The number of rotatable bonds is 7. The zero-order valence-electron chi connectivity index (χ0n) is 24.9.